The molecule has 2 N–H and O–H groups in total. The normalized spacial score (nSPS) is 14.4. The molecule has 0 saturated carbocycles. The van der Waals surface area contributed by atoms with Crippen molar-refractivity contribution >= 4 is 40.0 Å². The standard InChI is InChI=1S/C29H33F3N6O4/c1-3-26(39)36-24-16-22-23(33-19-34-28(22)35-21-8-5-7-20(15-21)29(30,31)32)17-25(24)42-14-6-9-37-10-12-38(13-11-37)18-27(40)41-4-2/h3,5,7-8,15-17,19H,1,4,6,9-14,18H2,2H3,(H,36,39)(H,33,34,35). The van der Waals surface area contributed by atoms with Gasteiger partial charge in [0.15, 0.2) is 0 Å². The zero-order valence-corrected chi connectivity index (χ0v) is 23.2. The first-order chi connectivity index (χ1) is 20.2. The molecule has 1 fully saturated rings. The van der Waals surface area contributed by atoms with E-state index >= 15 is 0 Å². The Labute approximate surface area is 241 Å². The van der Waals surface area contributed by atoms with E-state index in [2.05, 4.69) is 37.0 Å². The highest BCUT2D eigenvalue weighted by Gasteiger charge is 2.30. The van der Waals surface area contributed by atoms with Crippen LogP contribution in [0.3, 0.4) is 0 Å². The van der Waals surface area contributed by atoms with Gasteiger partial charge in [0.2, 0.25) is 5.91 Å². The third kappa shape index (κ3) is 8.40. The summed E-state index contributed by atoms with van der Waals surface area (Å²) in [5.74, 6) is -0.00945. The molecule has 0 unspecified atom stereocenters. The number of halogens is 3. The van der Waals surface area contributed by atoms with Crippen molar-refractivity contribution in [3.8, 4) is 5.75 Å². The molecule has 13 heteroatoms. The molecule has 1 aliphatic rings. The van der Waals surface area contributed by atoms with Gasteiger partial charge in [0.25, 0.3) is 0 Å². The second-order valence-corrected chi connectivity index (χ2v) is 9.61. The summed E-state index contributed by atoms with van der Waals surface area (Å²) in [6, 6.07) is 8.06. The molecule has 0 radical (unpaired) electrons. The molecule has 1 saturated heterocycles. The van der Waals surface area contributed by atoms with Crippen molar-refractivity contribution < 1.29 is 32.2 Å². The number of amides is 1. The van der Waals surface area contributed by atoms with Crippen molar-refractivity contribution in [1.29, 1.82) is 0 Å². The van der Waals surface area contributed by atoms with E-state index in [1.165, 1.54) is 18.5 Å². The lowest BCUT2D eigenvalue weighted by molar-refractivity contribution is -0.145. The Morgan fingerprint density at radius 2 is 1.86 bits per heavy atom. The van der Waals surface area contributed by atoms with Gasteiger partial charge in [-0.3, -0.25) is 14.5 Å². The van der Waals surface area contributed by atoms with Gasteiger partial charge < -0.3 is 25.0 Å². The molecule has 1 aromatic heterocycles. The Bertz CT molecular complexity index is 1410. The number of carbonyl (C=O) groups excluding carboxylic acids is 2. The molecule has 1 amide bonds. The number of nitrogens with one attached hydrogen (secondary N) is 2. The Kier molecular flexibility index (Phi) is 10.3. The molecule has 0 atom stereocenters. The number of carbonyl (C=O) groups is 2. The predicted octanol–water partition coefficient (Wildman–Crippen LogP) is 4.47. The summed E-state index contributed by atoms with van der Waals surface area (Å²) in [7, 11) is 0. The molecule has 2 aromatic carbocycles. The highest BCUT2D eigenvalue weighted by atomic mass is 19.4. The zero-order chi connectivity index (χ0) is 30.1. The van der Waals surface area contributed by atoms with E-state index in [0.717, 1.165) is 57.4 Å². The van der Waals surface area contributed by atoms with Gasteiger partial charge in [0, 0.05) is 49.9 Å². The lowest BCUT2D eigenvalue weighted by Crippen LogP contribution is -2.48. The first kappa shape index (κ1) is 30.7. The van der Waals surface area contributed by atoms with Crippen LogP contribution >= 0.6 is 0 Å². The summed E-state index contributed by atoms with van der Waals surface area (Å²) in [6.45, 7) is 10.3. The number of hydrogen-bond donors (Lipinski definition) is 2. The molecule has 0 aliphatic carbocycles. The zero-order valence-electron chi connectivity index (χ0n) is 23.2. The van der Waals surface area contributed by atoms with Crippen molar-refractivity contribution in [2.45, 2.75) is 19.5 Å². The molecule has 224 valence electrons. The third-order valence-corrected chi connectivity index (χ3v) is 6.63. The molecular weight excluding hydrogens is 553 g/mol. The van der Waals surface area contributed by atoms with Crippen molar-refractivity contribution in [3.63, 3.8) is 0 Å². The molecular formula is C29H33F3N6O4. The fourth-order valence-electron chi connectivity index (χ4n) is 4.52. The number of alkyl halides is 3. The number of rotatable bonds is 12. The van der Waals surface area contributed by atoms with Crippen LogP contribution in [0, 0.1) is 0 Å². The van der Waals surface area contributed by atoms with Gasteiger partial charge in [-0.25, -0.2) is 9.97 Å². The highest BCUT2D eigenvalue weighted by molar-refractivity contribution is 6.03. The largest absolute Gasteiger partial charge is 0.491 e. The molecule has 0 bridgehead atoms. The summed E-state index contributed by atoms with van der Waals surface area (Å²) in [5, 5.41) is 6.12. The topological polar surface area (TPSA) is 109 Å². The Balaban J connectivity index is 1.42. The van der Waals surface area contributed by atoms with Gasteiger partial charge in [-0.15, -0.1) is 0 Å². The quantitative estimate of drug-likeness (QED) is 0.181. The Morgan fingerprint density at radius 3 is 2.57 bits per heavy atom. The molecule has 3 aromatic rings. The number of anilines is 3. The van der Waals surface area contributed by atoms with Crippen LogP contribution in [0.1, 0.15) is 18.9 Å². The van der Waals surface area contributed by atoms with Gasteiger partial charge >= 0.3 is 12.1 Å². The summed E-state index contributed by atoms with van der Waals surface area (Å²) >= 11 is 0. The minimum Gasteiger partial charge on any atom is -0.491 e. The number of esters is 1. The number of nitrogens with zero attached hydrogens (tertiary/aromatic N) is 4. The maximum absolute atomic E-state index is 13.2. The van der Waals surface area contributed by atoms with E-state index < -0.39 is 17.6 Å². The van der Waals surface area contributed by atoms with E-state index in [-0.39, 0.29) is 17.5 Å². The van der Waals surface area contributed by atoms with Crippen molar-refractivity contribution in [1.82, 2.24) is 19.8 Å². The minimum absolute atomic E-state index is 0.198. The second-order valence-electron chi connectivity index (χ2n) is 9.61. The predicted molar refractivity (Wildman–Crippen MR) is 153 cm³/mol. The first-order valence-electron chi connectivity index (χ1n) is 13.6. The first-order valence-corrected chi connectivity index (χ1v) is 13.6. The van der Waals surface area contributed by atoms with E-state index in [0.29, 0.717) is 42.1 Å². The van der Waals surface area contributed by atoms with Crippen LogP contribution in [0.5, 0.6) is 5.75 Å². The van der Waals surface area contributed by atoms with Crippen LogP contribution in [0.25, 0.3) is 10.9 Å². The molecule has 1 aliphatic heterocycles. The Morgan fingerprint density at radius 1 is 1.10 bits per heavy atom. The van der Waals surface area contributed by atoms with E-state index in [1.807, 2.05) is 0 Å². The van der Waals surface area contributed by atoms with Crippen LogP contribution in [0.15, 0.2) is 55.4 Å². The van der Waals surface area contributed by atoms with Gasteiger partial charge in [-0.2, -0.15) is 13.2 Å². The van der Waals surface area contributed by atoms with Crippen molar-refractivity contribution in [2.75, 3.05) is 63.1 Å². The summed E-state index contributed by atoms with van der Waals surface area (Å²) in [4.78, 5) is 36.7. The average molecular weight is 587 g/mol. The SMILES string of the molecule is C=CC(=O)Nc1cc2c(Nc3cccc(C(F)(F)F)c3)ncnc2cc1OCCCN1CCN(CC(=O)OCC)CC1. The monoisotopic (exact) mass is 586 g/mol. The van der Waals surface area contributed by atoms with E-state index in [4.69, 9.17) is 9.47 Å². The summed E-state index contributed by atoms with van der Waals surface area (Å²) in [6.07, 6.45) is -1.35. The van der Waals surface area contributed by atoms with Crippen LogP contribution in [0.2, 0.25) is 0 Å². The number of aromatic nitrogens is 2. The lowest BCUT2D eigenvalue weighted by Gasteiger charge is -2.34. The smallest absolute Gasteiger partial charge is 0.416 e. The van der Waals surface area contributed by atoms with Crippen LogP contribution in [-0.4, -0.2) is 84.1 Å². The second kappa shape index (κ2) is 14.1. The van der Waals surface area contributed by atoms with Crippen LogP contribution in [0.4, 0.5) is 30.4 Å². The summed E-state index contributed by atoms with van der Waals surface area (Å²) in [5.41, 5.74) is 0.230. The van der Waals surface area contributed by atoms with Crippen LogP contribution < -0.4 is 15.4 Å². The maximum Gasteiger partial charge on any atom is 0.416 e. The number of ether oxygens (including phenoxy) is 2. The molecule has 42 heavy (non-hydrogen) atoms. The number of hydrogen-bond acceptors (Lipinski definition) is 9. The Hall–Kier alpha value is -4.23. The fourth-order valence-corrected chi connectivity index (χ4v) is 4.52. The maximum atomic E-state index is 13.2. The van der Waals surface area contributed by atoms with Gasteiger partial charge in [0.05, 0.1) is 36.5 Å². The summed E-state index contributed by atoms with van der Waals surface area (Å²) < 4.78 is 50.6. The number of piperazine rings is 1. The van der Waals surface area contributed by atoms with E-state index in [1.54, 1.807) is 19.1 Å². The average Bonchev–Trinajstić information content (AvgIpc) is 2.96. The van der Waals surface area contributed by atoms with Crippen LogP contribution in [-0.2, 0) is 20.5 Å². The molecule has 0 spiro atoms. The van der Waals surface area contributed by atoms with Crippen molar-refractivity contribution in [2.24, 2.45) is 0 Å². The highest BCUT2D eigenvalue weighted by Crippen LogP contribution is 2.35. The van der Waals surface area contributed by atoms with Crippen molar-refractivity contribution in [3.05, 3.63) is 60.9 Å². The lowest BCUT2D eigenvalue weighted by atomic mass is 10.1. The van der Waals surface area contributed by atoms with Gasteiger partial charge in [0.1, 0.15) is 17.9 Å². The minimum atomic E-state index is -4.49. The fraction of sp³-hybridized carbons (Fsp3) is 0.379. The number of benzene rings is 2. The molecule has 4 rings (SSSR count). The molecule has 10 nitrogen and oxygen atoms in total. The van der Waals surface area contributed by atoms with Gasteiger partial charge in [-0.05, 0) is 43.7 Å². The van der Waals surface area contributed by atoms with E-state index in [9.17, 15) is 22.8 Å². The number of fused-ring (bicyclic) bond motifs is 1. The third-order valence-electron chi connectivity index (χ3n) is 6.63. The van der Waals surface area contributed by atoms with Gasteiger partial charge in [-0.1, -0.05) is 12.6 Å². The molecule has 2 heterocycles.